The van der Waals surface area contributed by atoms with E-state index in [-0.39, 0.29) is 18.3 Å². The molecule has 2 heterocycles. The zero-order valence-electron chi connectivity index (χ0n) is 18.7. The highest BCUT2D eigenvalue weighted by Gasteiger charge is 2.20. The van der Waals surface area contributed by atoms with Crippen LogP contribution in [-0.4, -0.2) is 39.6 Å². The van der Waals surface area contributed by atoms with Crippen LogP contribution in [0.1, 0.15) is 34.2 Å². The minimum atomic E-state index is -0.691. The number of amides is 1. The van der Waals surface area contributed by atoms with Crippen molar-refractivity contribution in [3.05, 3.63) is 77.0 Å². The number of nitrogens with zero attached hydrogens (tertiary/aromatic N) is 3. The summed E-state index contributed by atoms with van der Waals surface area (Å²) >= 11 is 0. The molecule has 4 rings (SSSR count). The van der Waals surface area contributed by atoms with Crippen LogP contribution in [0.3, 0.4) is 0 Å². The number of aryl methyl sites for hydroxylation is 1. The largest absolute Gasteiger partial charge is 0.493 e. The number of fused-ring (bicyclic) bond motifs is 1. The van der Waals surface area contributed by atoms with Crippen LogP contribution in [0.2, 0.25) is 0 Å². The topological polar surface area (TPSA) is 71.1 Å². The molecular formula is C25H24F2N4O2. The van der Waals surface area contributed by atoms with Crippen molar-refractivity contribution in [3.63, 3.8) is 0 Å². The van der Waals surface area contributed by atoms with Crippen LogP contribution in [0.25, 0.3) is 22.0 Å². The van der Waals surface area contributed by atoms with E-state index in [0.29, 0.717) is 51.3 Å². The highest BCUT2D eigenvalue weighted by atomic mass is 19.1. The maximum Gasteiger partial charge on any atom is 0.254 e. The molecule has 0 bridgehead atoms. The van der Waals surface area contributed by atoms with Crippen molar-refractivity contribution >= 4 is 16.8 Å². The summed E-state index contributed by atoms with van der Waals surface area (Å²) in [6.07, 6.45) is 1.54. The molecule has 0 aliphatic carbocycles. The lowest BCUT2D eigenvalue weighted by atomic mass is 10.0. The van der Waals surface area contributed by atoms with E-state index in [0.717, 1.165) is 5.56 Å². The predicted octanol–water partition coefficient (Wildman–Crippen LogP) is 5.21. The molecule has 33 heavy (non-hydrogen) atoms. The second-order valence-electron chi connectivity index (χ2n) is 7.73. The van der Waals surface area contributed by atoms with Crippen molar-refractivity contribution < 1.29 is 18.3 Å². The van der Waals surface area contributed by atoms with E-state index < -0.39 is 6.67 Å². The van der Waals surface area contributed by atoms with Crippen molar-refractivity contribution in [1.82, 2.24) is 20.1 Å². The monoisotopic (exact) mass is 450 g/mol. The van der Waals surface area contributed by atoms with Gasteiger partial charge in [0, 0.05) is 41.4 Å². The number of alkyl halides is 1. The number of carbonyl (C=O) groups is 1. The zero-order valence-corrected chi connectivity index (χ0v) is 18.7. The minimum absolute atomic E-state index is 0.219. The van der Waals surface area contributed by atoms with Crippen LogP contribution in [0.5, 0.6) is 5.75 Å². The van der Waals surface area contributed by atoms with Crippen LogP contribution in [0.15, 0.2) is 48.7 Å². The second-order valence-corrected chi connectivity index (χ2v) is 7.73. The standard InChI is InChI=1S/C25H24F2N4O2/c1-4-33-23-11-17(8-9-19(23)16-6-5-7-18(27)10-16)25(32)31(3)14-21-15(2)29-22(12-26)20-13-28-30-24(20)21/h5-11,13H,4,12,14H2,1-3H3,(H,28,30). The molecule has 0 unspecified atom stereocenters. The van der Waals surface area contributed by atoms with Crippen LogP contribution in [0.4, 0.5) is 8.78 Å². The van der Waals surface area contributed by atoms with Crippen molar-refractivity contribution in [2.75, 3.05) is 13.7 Å². The maximum absolute atomic E-state index is 13.7. The van der Waals surface area contributed by atoms with Crippen LogP contribution < -0.4 is 4.74 Å². The first-order valence-corrected chi connectivity index (χ1v) is 10.6. The van der Waals surface area contributed by atoms with Gasteiger partial charge in [-0.3, -0.25) is 14.9 Å². The third-order valence-corrected chi connectivity index (χ3v) is 5.52. The van der Waals surface area contributed by atoms with E-state index in [4.69, 9.17) is 4.74 Å². The highest BCUT2D eigenvalue weighted by molar-refractivity contribution is 5.96. The van der Waals surface area contributed by atoms with Gasteiger partial charge in [-0.05, 0) is 49.7 Å². The fourth-order valence-corrected chi connectivity index (χ4v) is 3.90. The summed E-state index contributed by atoms with van der Waals surface area (Å²) in [5.74, 6) is -0.0606. The van der Waals surface area contributed by atoms with Crippen molar-refractivity contribution in [2.24, 2.45) is 0 Å². The van der Waals surface area contributed by atoms with Gasteiger partial charge in [0.05, 0.1) is 24.0 Å². The Hall–Kier alpha value is -3.81. The average Bonchev–Trinajstić information content (AvgIpc) is 3.30. The molecule has 0 spiro atoms. The van der Waals surface area contributed by atoms with E-state index in [1.807, 2.05) is 6.92 Å². The first-order chi connectivity index (χ1) is 15.9. The molecule has 0 saturated carbocycles. The number of benzene rings is 2. The summed E-state index contributed by atoms with van der Waals surface area (Å²) in [7, 11) is 1.69. The summed E-state index contributed by atoms with van der Waals surface area (Å²) in [4.78, 5) is 19.1. The molecule has 4 aromatic rings. The number of rotatable bonds is 7. The van der Waals surface area contributed by atoms with E-state index in [9.17, 15) is 13.6 Å². The zero-order chi connectivity index (χ0) is 23.5. The Balaban J connectivity index is 1.64. The lowest BCUT2D eigenvalue weighted by molar-refractivity contribution is 0.0785. The Morgan fingerprint density at radius 1 is 1.21 bits per heavy atom. The molecule has 0 atom stereocenters. The number of pyridine rings is 1. The Kier molecular flexibility index (Phi) is 6.35. The number of hydrogen-bond acceptors (Lipinski definition) is 4. The molecule has 1 amide bonds. The van der Waals surface area contributed by atoms with Gasteiger partial charge in [-0.15, -0.1) is 0 Å². The third-order valence-electron chi connectivity index (χ3n) is 5.52. The molecule has 2 aromatic heterocycles. The van der Waals surface area contributed by atoms with Crippen molar-refractivity contribution in [3.8, 4) is 16.9 Å². The molecular weight excluding hydrogens is 426 g/mol. The smallest absolute Gasteiger partial charge is 0.254 e. The SMILES string of the molecule is CCOc1cc(C(=O)N(C)Cc2c(C)nc(CF)c3cn[nH]c23)ccc1-c1cccc(F)c1. The van der Waals surface area contributed by atoms with Crippen LogP contribution >= 0.6 is 0 Å². The number of carbonyl (C=O) groups excluding carboxylic acids is 1. The fraction of sp³-hybridized carbons (Fsp3) is 0.240. The van der Waals surface area contributed by atoms with Gasteiger partial charge in [-0.25, -0.2) is 8.78 Å². The summed E-state index contributed by atoms with van der Waals surface area (Å²) in [5, 5.41) is 7.53. The Labute approximate surface area is 190 Å². The normalized spacial score (nSPS) is 11.1. The molecule has 0 radical (unpaired) electrons. The van der Waals surface area contributed by atoms with Gasteiger partial charge < -0.3 is 9.64 Å². The Morgan fingerprint density at radius 3 is 2.76 bits per heavy atom. The van der Waals surface area contributed by atoms with Crippen molar-refractivity contribution in [1.29, 1.82) is 0 Å². The predicted molar refractivity (Wildman–Crippen MR) is 122 cm³/mol. The van der Waals surface area contributed by atoms with Gasteiger partial charge in [0.25, 0.3) is 5.91 Å². The summed E-state index contributed by atoms with van der Waals surface area (Å²) in [5.41, 5.74) is 4.22. The van der Waals surface area contributed by atoms with Gasteiger partial charge in [-0.2, -0.15) is 5.10 Å². The Bertz CT molecular complexity index is 1320. The number of hydrogen-bond donors (Lipinski definition) is 1. The molecule has 2 aromatic carbocycles. The third kappa shape index (κ3) is 4.41. The molecule has 0 aliphatic heterocycles. The lowest BCUT2D eigenvalue weighted by Gasteiger charge is -2.20. The molecule has 0 saturated heterocycles. The first kappa shape index (κ1) is 22.4. The number of aromatic nitrogens is 3. The molecule has 0 aliphatic rings. The minimum Gasteiger partial charge on any atom is -0.493 e. The summed E-state index contributed by atoms with van der Waals surface area (Å²) < 4.78 is 32.8. The number of nitrogens with one attached hydrogen (secondary N) is 1. The molecule has 1 N–H and O–H groups in total. The second kappa shape index (κ2) is 9.36. The highest BCUT2D eigenvalue weighted by Crippen LogP contribution is 2.32. The number of halogens is 2. The Morgan fingerprint density at radius 2 is 2.03 bits per heavy atom. The quantitative estimate of drug-likeness (QED) is 0.419. The van der Waals surface area contributed by atoms with E-state index in [1.54, 1.807) is 55.4 Å². The molecule has 6 nitrogen and oxygen atoms in total. The van der Waals surface area contributed by atoms with Crippen LogP contribution in [-0.2, 0) is 13.2 Å². The van der Waals surface area contributed by atoms with Gasteiger partial charge in [-0.1, -0.05) is 12.1 Å². The summed E-state index contributed by atoms with van der Waals surface area (Å²) in [6, 6.07) is 11.4. The molecule has 0 fully saturated rings. The first-order valence-electron chi connectivity index (χ1n) is 10.6. The lowest BCUT2D eigenvalue weighted by Crippen LogP contribution is -2.27. The van der Waals surface area contributed by atoms with Crippen LogP contribution in [0, 0.1) is 12.7 Å². The van der Waals surface area contributed by atoms with Crippen molar-refractivity contribution in [2.45, 2.75) is 27.1 Å². The van der Waals surface area contributed by atoms with E-state index >= 15 is 0 Å². The number of H-pyrrole nitrogens is 1. The van der Waals surface area contributed by atoms with Gasteiger partial charge in [0.15, 0.2) is 0 Å². The maximum atomic E-state index is 13.7. The van der Waals surface area contributed by atoms with E-state index in [2.05, 4.69) is 15.2 Å². The fourth-order valence-electron chi connectivity index (χ4n) is 3.90. The average molecular weight is 450 g/mol. The van der Waals surface area contributed by atoms with E-state index in [1.165, 1.54) is 12.1 Å². The van der Waals surface area contributed by atoms with Gasteiger partial charge in [0.2, 0.25) is 0 Å². The summed E-state index contributed by atoms with van der Waals surface area (Å²) in [6.45, 7) is 3.61. The van der Waals surface area contributed by atoms with Gasteiger partial charge >= 0.3 is 0 Å². The van der Waals surface area contributed by atoms with Gasteiger partial charge in [0.1, 0.15) is 18.2 Å². The molecule has 8 heteroatoms. The number of ether oxygens (including phenoxy) is 1. The number of aromatic amines is 1. The molecule has 170 valence electrons.